The van der Waals surface area contributed by atoms with Crippen LogP contribution in [0.2, 0.25) is 0 Å². The van der Waals surface area contributed by atoms with Crippen LogP contribution in [0.4, 0.5) is 5.69 Å². The molecular weight excluding hydrogens is 420 g/mol. The van der Waals surface area contributed by atoms with Crippen molar-refractivity contribution < 1.29 is 13.2 Å². The number of nitrogens with zero attached hydrogens (tertiary/aromatic N) is 4. The van der Waals surface area contributed by atoms with Gasteiger partial charge in [0.1, 0.15) is 0 Å². The third kappa shape index (κ3) is 3.84. The molecule has 0 saturated carbocycles. The Morgan fingerprint density at radius 3 is 2.53 bits per heavy atom. The van der Waals surface area contributed by atoms with Crippen LogP contribution in [-0.4, -0.2) is 67.8 Å². The molecule has 0 N–H and O–H groups in total. The molecule has 0 radical (unpaired) electrons. The van der Waals surface area contributed by atoms with Crippen molar-refractivity contribution in [2.45, 2.75) is 11.4 Å². The minimum Gasteiger partial charge on any atom is -0.336 e. The predicted octanol–water partition coefficient (Wildman–Crippen LogP) is 2.26. The molecule has 0 spiro atoms. The van der Waals surface area contributed by atoms with E-state index in [4.69, 9.17) is 0 Å². The number of sulfonamides is 1. The van der Waals surface area contributed by atoms with Crippen molar-refractivity contribution in [3.8, 4) is 0 Å². The SMILES string of the molecule is O=C(c1ccc2c(c1)SC1=NS(=O)(=O)CCN12)N1CCN(Cc2ccccc2)CC1. The lowest BCUT2D eigenvalue weighted by atomic mass is 10.1. The second-order valence-corrected chi connectivity index (χ2v) is 10.4. The number of fused-ring (bicyclic) bond motifs is 3. The van der Waals surface area contributed by atoms with Crippen LogP contribution < -0.4 is 4.90 Å². The number of benzene rings is 2. The first kappa shape index (κ1) is 19.6. The number of amides is 1. The molecule has 5 rings (SSSR count). The van der Waals surface area contributed by atoms with Gasteiger partial charge in [-0.15, -0.1) is 4.40 Å². The highest BCUT2D eigenvalue weighted by Crippen LogP contribution is 2.42. The average molecular weight is 443 g/mol. The second kappa shape index (κ2) is 7.72. The van der Waals surface area contributed by atoms with Gasteiger partial charge in [0.2, 0.25) is 0 Å². The molecule has 156 valence electrons. The lowest BCUT2D eigenvalue weighted by Crippen LogP contribution is -2.48. The molecule has 0 unspecified atom stereocenters. The minimum absolute atomic E-state index is 0.0183. The summed E-state index contributed by atoms with van der Waals surface area (Å²) in [6.45, 7) is 4.41. The molecule has 3 aliphatic heterocycles. The fourth-order valence-electron chi connectivity index (χ4n) is 4.00. The molecule has 0 bridgehead atoms. The van der Waals surface area contributed by atoms with Gasteiger partial charge in [-0.05, 0) is 35.5 Å². The van der Waals surface area contributed by atoms with E-state index in [1.165, 1.54) is 17.3 Å². The summed E-state index contributed by atoms with van der Waals surface area (Å²) in [4.78, 5) is 20.1. The number of rotatable bonds is 3. The van der Waals surface area contributed by atoms with E-state index in [9.17, 15) is 13.2 Å². The Balaban J connectivity index is 1.25. The topological polar surface area (TPSA) is 73.3 Å². The molecule has 1 fully saturated rings. The number of carbonyl (C=O) groups is 1. The van der Waals surface area contributed by atoms with Crippen LogP contribution in [0.15, 0.2) is 57.8 Å². The Bertz CT molecular complexity index is 1110. The fraction of sp³-hybridized carbons (Fsp3) is 0.333. The fourth-order valence-corrected chi connectivity index (χ4v) is 6.29. The summed E-state index contributed by atoms with van der Waals surface area (Å²) in [6.07, 6.45) is 0. The number of amidine groups is 1. The first-order valence-electron chi connectivity index (χ1n) is 9.96. The van der Waals surface area contributed by atoms with Crippen molar-refractivity contribution in [1.82, 2.24) is 9.80 Å². The van der Waals surface area contributed by atoms with Crippen molar-refractivity contribution in [2.24, 2.45) is 4.40 Å². The highest BCUT2D eigenvalue weighted by atomic mass is 32.2. The van der Waals surface area contributed by atoms with Crippen LogP contribution in [0.3, 0.4) is 0 Å². The van der Waals surface area contributed by atoms with Gasteiger partial charge < -0.3 is 9.80 Å². The molecule has 9 heteroatoms. The average Bonchev–Trinajstić information content (AvgIpc) is 3.10. The summed E-state index contributed by atoms with van der Waals surface area (Å²) in [5.74, 6) is 0.0435. The van der Waals surface area contributed by atoms with Crippen LogP contribution in [0.25, 0.3) is 0 Å². The van der Waals surface area contributed by atoms with Gasteiger partial charge in [-0.2, -0.15) is 0 Å². The second-order valence-electron chi connectivity index (χ2n) is 7.65. The number of thioether (sulfide) groups is 1. The smallest absolute Gasteiger partial charge is 0.257 e. The van der Waals surface area contributed by atoms with E-state index in [1.54, 1.807) is 0 Å². The van der Waals surface area contributed by atoms with Crippen LogP contribution in [0, 0.1) is 0 Å². The zero-order chi connectivity index (χ0) is 20.7. The molecule has 0 aromatic heterocycles. The van der Waals surface area contributed by atoms with Crippen LogP contribution in [0.5, 0.6) is 0 Å². The normalized spacial score (nSPS) is 20.5. The number of hydrogen-bond donors (Lipinski definition) is 0. The maximum atomic E-state index is 13.0. The molecule has 3 heterocycles. The van der Waals surface area contributed by atoms with Crippen LogP contribution >= 0.6 is 11.8 Å². The number of piperazine rings is 1. The lowest BCUT2D eigenvalue weighted by Gasteiger charge is -2.34. The summed E-state index contributed by atoms with van der Waals surface area (Å²) >= 11 is 1.32. The maximum absolute atomic E-state index is 13.0. The molecule has 30 heavy (non-hydrogen) atoms. The van der Waals surface area contributed by atoms with Crippen molar-refractivity contribution in [2.75, 3.05) is 43.4 Å². The Morgan fingerprint density at radius 2 is 1.77 bits per heavy atom. The Labute approximate surface area is 180 Å². The summed E-state index contributed by atoms with van der Waals surface area (Å²) in [6, 6.07) is 16.0. The van der Waals surface area contributed by atoms with Gasteiger partial charge in [0.05, 0.1) is 11.4 Å². The lowest BCUT2D eigenvalue weighted by molar-refractivity contribution is 0.0628. The Kier molecular flexibility index (Phi) is 5.04. The van der Waals surface area contributed by atoms with E-state index in [2.05, 4.69) is 33.6 Å². The molecule has 1 amide bonds. The van der Waals surface area contributed by atoms with Crippen molar-refractivity contribution >= 4 is 38.5 Å². The molecule has 7 nitrogen and oxygen atoms in total. The standard InChI is InChI=1S/C21H22N4O3S2/c26-20(24-10-8-23(9-11-24)15-16-4-2-1-3-5-16)17-6-7-18-19(14-17)29-21-22-30(27,28)13-12-25(18)21/h1-7,14H,8-13,15H2. The predicted molar refractivity (Wildman–Crippen MR) is 118 cm³/mol. The minimum atomic E-state index is -3.38. The monoisotopic (exact) mass is 442 g/mol. The molecule has 1 saturated heterocycles. The molecular formula is C21H22N4O3S2. The van der Waals surface area contributed by atoms with E-state index in [0.717, 1.165) is 30.2 Å². The molecule has 0 aliphatic carbocycles. The third-order valence-electron chi connectivity index (χ3n) is 5.63. The van der Waals surface area contributed by atoms with Gasteiger partial charge >= 0.3 is 0 Å². The molecule has 2 aromatic carbocycles. The Hall–Kier alpha value is -2.36. The summed E-state index contributed by atoms with van der Waals surface area (Å²) in [5.41, 5.74) is 2.85. The van der Waals surface area contributed by atoms with E-state index in [1.807, 2.05) is 34.1 Å². The Morgan fingerprint density at radius 1 is 1.00 bits per heavy atom. The number of carbonyl (C=O) groups excluding carboxylic acids is 1. The van der Waals surface area contributed by atoms with Gasteiger partial charge in [0, 0.05) is 49.7 Å². The highest BCUT2D eigenvalue weighted by Gasteiger charge is 2.34. The first-order valence-corrected chi connectivity index (χ1v) is 12.4. The van der Waals surface area contributed by atoms with Gasteiger partial charge in [0.15, 0.2) is 5.17 Å². The van der Waals surface area contributed by atoms with Crippen molar-refractivity contribution in [3.05, 3.63) is 59.7 Å². The summed E-state index contributed by atoms with van der Waals surface area (Å²) in [7, 11) is -3.38. The molecule has 0 atom stereocenters. The summed E-state index contributed by atoms with van der Waals surface area (Å²) < 4.78 is 27.4. The quantitative estimate of drug-likeness (QED) is 0.726. The van der Waals surface area contributed by atoms with Crippen LogP contribution in [0.1, 0.15) is 15.9 Å². The zero-order valence-corrected chi connectivity index (χ0v) is 18.0. The summed E-state index contributed by atoms with van der Waals surface area (Å²) in [5, 5.41) is 0.482. The highest BCUT2D eigenvalue weighted by molar-refractivity contribution is 8.15. The molecule has 3 aliphatic rings. The van der Waals surface area contributed by atoms with E-state index in [-0.39, 0.29) is 11.7 Å². The van der Waals surface area contributed by atoms with Crippen LogP contribution in [-0.2, 0) is 16.6 Å². The van der Waals surface area contributed by atoms with Crippen molar-refractivity contribution in [3.63, 3.8) is 0 Å². The van der Waals surface area contributed by atoms with Gasteiger partial charge in [-0.3, -0.25) is 9.69 Å². The molecule has 2 aromatic rings. The third-order valence-corrected chi connectivity index (χ3v) is 7.93. The van der Waals surface area contributed by atoms with E-state index < -0.39 is 10.0 Å². The maximum Gasteiger partial charge on any atom is 0.257 e. The largest absolute Gasteiger partial charge is 0.336 e. The van der Waals surface area contributed by atoms with E-state index in [0.29, 0.717) is 30.4 Å². The first-order chi connectivity index (χ1) is 14.5. The number of hydrogen-bond acceptors (Lipinski definition) is 6. The van der Waals surface area contributed by atoms with Gasteiger partial charge in [-0.25, -0.2) is 8.42 Å². The van der Waals surface area contributed by atoms with E-state index >= 15 is 0 Å². The number of anilines is 1. The van der Waals surface area contributed by atoms with Crippen molar-refractivity contribution in [1.29, 1.82) is 0 Å². The van der Waals surface area contributed by atoms with Gasteiger partial charge in [-0.1, -0.05) is 30.3 Å². The van der Waals surface area contributed by atoms with Gasteiger partial charge in [0.25, 0.3) is 15.9 Å². The zero-order valence-electron chi connectivity index (χ0n) is 16.4.